The van der Waals surface area contributed by atoms with E-state index in [2.05, 4.69) is 5.32 Å². The second-order valence-electron chi connectivity index (χ2n) is 11.2. The van der Waals surface area contributed by atoms with Gasteiger partial charge in [-0.05, 0) is 87.6 Å². The van der Waals surface area contributed by atoms with E-state index in [1.54, 1.807) is 48.5 Å². The highest BCUT2D eigenvalue weighted by Gasteiger charge is 2.39. The summed E-state index contributed by atoms with van der Waals surface area (Å²) < 4.78 is 11.9. The number of nitrogens with two attached hydrogens (primary N) is 1. The molecule has 3 N–H and O–H groups in total. The van der Waals surface area contributed by atoms with Crippen LogP contribution in [-0.4, -0.2) is 36.4 Å². The van der Waals surface area contributed by atoms with Crippen molar-refractivity contribution in [3.63, 3.8) is 0 Å². The third-order valence-electron chi connectivity index (χ3n) is 8.77. The Labute approximate surface area is 244 Å². The number of esters is 1. The lowest BCUT2D eigenvalue weighted by atomic mass is 9.69. The molecule has 0 heterocycles. The number of halogens is 1. The van der Waals surface area contributed by atoms with Crippen LogP contribution in [0.2, 0.25) is 5.02 Å². The summed E-state index contributed by atoms with van der Waals surface area (Å²) in [7, 11) is 0. The van der Waals surface area contributed by atoms with Crippen LogP contribution in [0.1, 0.15) is 87.6 Å². The van der Waals surface area contributed by atoms with Crippen molar-refractivity contribution in [3.8, 4) is 0 Å². The van der Waals surface area contributed by atoms with Crippen LogP contribution < -0.4 is 11.1 Å². The SMILES string of the molecule is CCOC1CCC2C[C@H](OC(=O)c3cc(Nc4ccc(Cl)cc4)c4c(c3N)C(=O)c3ccccc3C4=O)CC[C@@H]2C1. The summed E-state index contributed by atoms with van der Waals surface area (Å²) in [5, 5.41) is 3.77. The van der Waals surface area contributed by atoms with Gasteiger partial charge >= 0.3 is 5.97 Å². The number of benzene rings is 3. The van der Waals surface area contributed by atoms with Crippen molar-refractivity contribution in [1.29, 1.82) is 0 Å². The van der Waals surface area contributed by atoms with Crippen LogP contribution in [0.15, 0.2) is 54.6 Å². The van der Waals surface area contributed by atoms with Crippen molar-refractivity contribution in [2.45, 2.75) is 57.7 Å². The molecule has 2 saturated carbocycles. The maximum absolute atomic E-state index is 13.7. The standard InChI is InChI=1S/C33H33ClN2O5/c1-2-40-22-13-7-19-16-23(14-8-18(19)15-22)41-33(39)26-17-27(36-21-11-9-20(34)10-12-21)28-29(30(26)35)32(38)25-6-4-3-5-24(25)31(28)37/h3-6,9-12,17-19,22-23,36H,2,7-8,13-16,35H2,1H3/t18-,19?,22?,23-/m1/s1. The average molecular weight is 573 g/mol. The minimum Gasteiger partial charge on any atom is -0.459 e. The molecule has 3 aromatic carbocycles. The maximum Gasteiger partial charge on any atom is 0.340 e. The van der Waals surface area contributed by atoms with Gasteiger partial charge in [-0.3, -0.25) is 9.59 Å². The van der Waals surface area contributed by atoms with Gasteiger partial charge in [-0.25, -0.2) is 4.79 Å². The molecule has 0 aromatic heterocycles. The number of carbonyl (C=O) groups excluding carboxylic acids is 3. The van der Waals surface area contributed by atoms with E-state index in [1.807, 2.05) is 6.92 Å². The fraction of sp³-hybridized carbons (Fsp3) is 0.364. The fourth-order valence-corrected chi connectivity index (χ4v) is 6.91. The molecule has 3 aliphatic rings. The van der Waals surface area contributed by atoms with Crippen molar-refractivity contribution in [3.05, 3.63) is 87.4 Å². The molecule has 0 amide bonds. The highest BCUT2D eigenvalue weighted by atomic mass is 35.5. The van der Waals surface area contributed by atoms with Crippen LogP contribution in [0, 0.1) is 11.8 Å². The van der Waals surface area contributed by atoms with Crippen molar-refractivity contribution in [2.75, 3.05) is 17.7 Å². The first kappa shape index (κ1) is 27.5. The number of rotatable bonds is 6. The molecule has 212 valence electrons. The molecule has 0 radical (unpaired) electrons. The number of hydrogen-bond donors (Lipinski definition) is 2. The summed E-state index contributed by atoms with van der Waals surface area (Å²) in [5.41, 5.74) is 8.24. The number of fused-ring (bicyclic) bond motifs is 3. The zero-order valence-electron chi connectivity index (χ0n) is 23.0. The zero-order valence-corrected chi connectivity index (χ0v) is 23.7. The Balaban J connectivity index is 1.31. The molecule has 0 saturated heterocycles. The number of anilines is 3. The first-order chi connectivity index (χ1) is 19.8. The Hall–Kier alpha value is -3.68. The van der Waals surface area contributed by atoms with Gasteiger partial charge in [-0.15, -0.1) is 0 Å². The fourth-order valence-electron chi connectivity index (χ4n) is 6.79. The van der Waals surface area contributed by atoms with Gasteiger partial charge in [0.25, 0.3) is 0 Å². The molecule has 0 aliphatic heterocycles. The molecule has 41 heavy (non-hydrogen) atoms. The van der Waals surface area contributed by atoms with E-state index in [4.69, 9.17) is 26.8 Å². The van der Waals surface area contributed by atoms with Crippen molar-refractivity contribution >= 4 is 46.2 Å². The van der Waals surface area contributed by atoms with Crippen LogP contribution in [0.4, 0.5) is 17.1 Å². The molecule has 0 bridgehead atoms. The van der Waals surface area contributed by atoms with E-state index in [-0.39, 0.29) is 39.8 Å². The molecule has 0 spiro atoms. The number of nitrogen functional groups attached to an aromatic ring is 1. The number of hydrogen-bond acceptors (Lipinski definition) is 7. The van der Waals surface area contributed by atoms with Gasteiger partial charge in [0.15, 0.2) is 11.6 Å². The molecular formula is C33H33ClN2O5. The highest BCUT2D eigenvalue weighted by molar-refractivity contribution is 6.33. The Bertz CT molecular complexity index is 1520. The van der Waals surface area contributed by atoms with Crippen LogP contribution in [0.5, 0.6) is 0 Å². The normalized spacial score (nSPS) is 23.3. The summed E-state index contributed by atoms with van der Waals surface area (Å²) in [6, 6.07) is 15.1. The largest absolute Gasteiger partial charge is 0.459 e. The first-order valence-corrected chi connectivity index (χ1v) is 14.7. The lowest BCUT2D eigenvalue weighted by molar-refractivity contribution is -0.0371. The third kappa shape index (κ3) is 5.24. The first-order valence-electron chi connectivity index (χ1n) is 14.3. The van der Waals surface area contributed by atoms with Gasteiger partial charge in [0.05, 0.1) is 34.2 Å². The average Bonchev–Trinajstić information content (AvgIpc) is 2.98. The lowest BCUT2D eigenvalue weighted by Crippen LogP contribution is -2.37. The lowest BCUT2D eigenvalue weighted by Gasteiger charge is -2.41. The molecule has 2 fully saturated rings. The molecule has 8 heteroatoms. The smallest absolute Gasteiger partial charge is 0.340 e. The van der Waals surface area contributed by atoms with Crippen LogP contribution in [0.25, 0.3) is 0 Å². The van der Waals surface area contributed by atoms with Gasteiger partial charge in [0, 0.05) is 28.4 Å². The summed E-state index contributed by atoms with van der Waals surface area (Å²) >= 11 is 6.06. The molecule has 7 nitrogen and oxygen atoms in total. The molecular weight excluding hydrogens is 540 g/mol. The summed E-state index contributed by atoms with van der Waals surface area (Å²) in [6.07, 6.45) is 5.83. The topological polar surface area (TPSA) is 108 Å². The van der Waals surface area contributed by atoms with Crippen molar-refractivity contribution in [2.24, 2.45) is 11.8 Å². The van der Waals surface area contributed by atoms with E-state index in [0.29, 0.717) is 39.9 Å². The van der Waals surface area contributed by atoms with Gasteiger partial charge in [0.1, 0.15) is 6.10 Å². The highest BCUT2D eigenvalue weighted by Crippen LogP contribution is 2.43. The minimum atomic E-state index is -0.588. The maximum atomic E-state index is 13.7. The van der Waals surface area contributed by atoms with E-state index in [0.717, 1.165) is 45.1 Å². The minimum absolute atomic E-state index is 0.0255. The van der Waals surface area contributed by atoms with Crippen LogP contribution in [-0.2, 0) is 9.47 Å². The monoisotopic (exact) mass is 572 g/mol. The van der Waals surface area contributed by atoms with Crippen molar-refractivity contribution in [1.82, 2.24) is 0 Å². The summed E-state index contributed by atoms with van der Waals surface area (Å²) in [6.45, 7) is 2.77. The Morgan fingerprint density at radius 1 is 0.902 bits per heavy atom. The third-order valence-corrected chi connectivity index (χ3v) is 9.03. The van der Waals surface area contributed by atoms with Gasteiger partial charge < -0.3 is 20.5 Å². The summed E-state index contributed by atoms with van der Waals surface area (Å²) in [5.74, 6) is -0.234. The molecule has 4 atom stereocenters. The quantitative estimate of drug-likeness (QED) is 0.190. The van der Waals surface area contributed by atoms with E-state index in [1.165, 1.54) is 6.07 Å². The zero-order chi connectivity index (χ0) is 28.7. The van der Waals surface area contributed by atoms with Gasteiger partial charge in [-0.1, -0.05) is 35.9 Å². The number of ether oxygens (including phenoxy) is 2. The Morgan fingerprint density at radius 2 is 1.51 bits per heavy atom. The van der Waals surface area contributed by atoms with Crippen molar-refractivity contribution < 1.29 is 23.9 Å². The van der Waals surface area contributed by atoms with Gasteiger partial charge in [0.2, 0.25) is 0 Å². The molecule has 3 aromatic rings. The molecule has 2 unspecified atom stereocenters. The van der Waals surface area contributed by atoms with Crippen LogP contribution in [0.3, 0.4) is 0 Å². The van der Waals surface area contributed by atoms with Crippen LogP contribution >= 0.6 is 11.6 Å². The van der Waals surface area contributed by atoms with Gasteiger partial charge in [-0.2, -0.15) is 0 Å². The molecule has 6 rings (SSSR count). The number of carbonyl (C=O) groups is 3. The number of ketones is 2. The molecule has 3 aliphatic carbocycles. The Morgan fingerprint density at radius 3 is 2.17 bits per heavy atom. The van der Waals surface area contributed by atoms with E-state index in [9.17, 15) is 14.4 Å². The Kier molecular flexibility index (Phi) is 7.58. The number of nitrogens with one attached hydrogen (secondary N) is 1. The van der Waals surface area contributed by atoms with E-state index >= 15 is 0 Å². The second kappa shape index (κ2) is 11.3. The second-order valence-corrected chi connectivity index (χ2v) is 11.7. The predicted molar refractivity (Wildman–Crippen MR) is 158 cm³/mol. The predicted octanol–water partition coefficient (Wildman–Crippen LogP) is 6.97. The summed E-state index contributed by atoms with van der Waals surface area (Å²) in [4.78, 5) is 41.0. The van der Waals surface area contributed by atoms with E-state index < -0.39 is 11.8 Å².